The third kappa shape index (κ3) is 3.56. The highest BCUT2D eigenvalue weighted by molar-refractivity contribution is 7.92. The first-order valence-electron chi connectivity index (χ1n) is 9.10. The molecule has 2 aromatic carbocycles. The molecule has 2 heterocycles. The summed E-state index contributed by atoms with van der Waals surface area (Å²) in [7, 11) is -2.39. The summed E-state index contributed by atoms with van der Waals surface area (Å²) in [6, 6.07) is 16.2. The van der Waals surface area contributed by atoms with Gasteiger partial charge in [0.05, 0.1) is 18.5 Å². The third-order valence-corrected chi connectivity index (χ3v) is 6.14. The second-order valence-electron chi connectivity index (χ2n) is 6.85. The van der Waals surface area contributed by atoms with Crippen LogP contribution in [0.1, 0.15) is 11.1 Å². The van der Waals surface area contributed by atoms with Crippen molar-refractivity contribution in [2.45, 2.75) is 18.7 Å². The van der Waals surface area contributed by atoms with Gasteiger partial charge in [0.25, 0.3) is 10.0 Å². The van der Waals surface area contributed by atoms with Crippen LogP contribution in [0.15, 0.2) is 71.9 Å². The summed E-state index contributed by atoms with van der Waals surface area (Å²) in [5.74, 6) is 0.304. The van der Waals surface area contributed by atoms with Crippen molar-refractivity contribution in [3.05, 3.63) is 78.1 Å². The highest BCUT2D eigenvalue weighted by atomic mass is 32.2. The van der Waals surface area contributed by atoms with Gasteiger partial charge in [-0.3, -0.25) is 4.72 Å². The van der Waals surface area contributed by atoms with Crippen molar-refractivity contribution in [3.8, 4) is 17.0 Å². The molecule has 4 rings (SSSR count). The second kappa shape index (κ2) is 7.25. The minimum absolute atomic E-state index is 0.0891. The first-order chi connectivity index (χ1) is 13.9. The Balaban J connectivity index is 1.78. The molecule has 4 aromatic rings. The largest absolute Gasteiger partial charge is 0.495 e. The molecule has 0 aliphatic rings. The summed E-state index contributed by atoms with van der Waals surface area (Å²) in [6.45, 7) is 3.87. The Bertz CT molecular complexity index is 1310. The number of aryl methyl sites for hydroxylation is 2. The molecule has 2 aromatic heterocycles. The van der Waals surface area contributed by atoms with Gasteiger partial charge in [-0.25, -0.2) is 13.4 Å². The Hall–Kier alpha value is -3.32. The molecule has 0 aliphatic carbocycles. The van der Waals surface area contributed by atoms with Crippen molar-refractivity contribution in [2.24, 2.45) is 0 Å². The van der Waals surface area contributed by atoms with Gasteiger partial charge < -0.3 is 9.14 Å². The number of benzene rings is 2. The number of methoxy groups -OCH3 is 1. The standard InChI is InChI=1S/C22H21N3O3S/c1-15-10-11-21(20(13-15)28-3)29(26,27)24-18-9-5-4-8-17(18)19-14-25-12-6-7-16(2)22(25)23-19/h4-14,24H,1-3H3. The van der Waals surface area contributed by atoms with Crippen molar-refractivity contribution in [2.75, 3.05) is 11.8 Å². The average Bonchev–Trinajstić information content (AvgIpc) is 3.13. The minimum Gasteiger partial charge on any atom is -0.495 e. The van der Waals surface area contributed by atoms with Gasteiger partial charge >= 0.3 is 0 Å². The average molecular weight is 407 g/mol. The maximum Gasteiger partial charge on any atom is 0.265 e. The maximum absolute atomic E-state index is 13.1. The highest BCUT2D eigenvalue weighted by Crippen LogP contribution is 2.32. The van der Waals surface area contributed by atoms with Crippen LogP contribution in [0.25, 0.3) is 16.9 Å². The molecule has 6 nitrogen and oxygen atoms in total. The number of aromatic nitrogens is 2. The number of ether oxygens (including phenoxy) is 1. The molecule has 0 amide bonds. The predicted octanol–water partition coefficient (Wildman–Crippen LogP) is 4.43. The Kier molecular flexibility index (Phi) is 4.76. The van der Waals surface area contributed by atoms with Crippen LogP contribution < -0.4 is 9.46 Å². The van der Waals surface area contributed by atoms with Gasteiger partial charge in [-0.2, -0.15) is 0 Å². The quantitative estimate of drug-likeness (QED) is 0.531. The van der Waals surface area contributed by atoms with Gasteiger partial charge in [-0.15, -0.1) is 0 Å². The molecule has 0 bridgehead atoms. The first kappa shape index (κ1) is 19.0. The number of hydrogen-bond donors (Lipinski definition) is 1. The molecule has 148 valence electrons. The molecule has 0 aliphatic heterocycles. The lowest BCUT2D eigenvalue weighted by Crippen LogP contribution is -2.14. The minimum atomic E-state index is -3.85. The highest BCUT2D eigenvalue weighted by Gasteiger charge is 2.21. The molecule has 0 spiro atoms. The molecule has 0 atom stereocenters. The Morgan fingerprint density at radius 2 is 1.83 bits per heavy atom. The van der Waals surface area contributed by atoms with Crippen molar-refractivity contribution in [1.82, 2.24) is 9.38 Å². The fourth-order valence-electron chi connectivity index (χ4n) is 3.28. The number of sulfonamides is 1. The van der Waals surface area contributed by atoms with E-state index < -0.39 is 10.0 Å². The number of imidazole rings is 1. The van der Waals surface area contributed by atoms with Crippen molar-refractivity contribution < 1.29 is 13.2 Å². The summed E-state index contributed by atoms with van der Waals surface area (Å²) in [6.07, 6.45) is 3.81. The zero-order valence-corrected chi connectivity index (χ0v) is 17.2. The third-order valence-electron chi connectivity index (χ3n) is 4.73. The number of nitrogens with one attached hydrogen (secondary N) is 1. The molecule has 0 saturated carbocycles. The van der Waals surface area contributed by atoms with Crippen molar-refractivity contribution in [3.63, 3.8) is 0 Å². The first-order valence-corrected chi connectivity index (χ1v) is 10.6. The van der Waals surface area contributed by atoms with Gasteiger partial charge in [0.2, 0.25) is 0 Å². The molecule has 1 N–H and O–H groups in total. The van der Waals surface area contributed by atoms with Gasteiger partial charge in [0.15, 0.2) is 0 Å². The molecule has 0 radical (unpaired) electrons. The van der Waals surface area contributed by atoms with Crippen LogP contribution in [0.4, 0.5) is 5.69 Å². The molecule has 7 heteroatoms. The molecule has 0 saturated heterocycles. The summed E-state index contributed by atoms with van der Waals surface area (Å²) >= 11 is 0. The van der Waals surface area contributed by atoms with Gasteiger partial charge in [-0.1, -0.05) is 30.3 Å². The SMILES string of the molecule is COc1cc(C)ccc1S(=O)(=O)Nc1ccccc1-c1cn2cccc(C)c2n1. The van der Waals surface area contributed by atoms with Gasteiger partial charge in [0, 0.05) is 18.0 Å². The summed E-state index contributed by atoms with van der Waals surface area (Å²) < 4.78 is 36.1. The molecule has 29 heavy (non-hydrogen) atoms. The van der Waals surface area contributed by atoms with E-state index in [1.165, 1.54) is 7.11 Å². The summed E-state index contributed by atoms with van der Waals surface area (Å²) in [4.78, 5) is 4.78. The summed E-state index contributed by atoms with van der Waals surface area (Å²) in [5.41, 5.74) is 4.64. The Morgan fingerprint density at radius 3 is 2.59 bits per heavy atom. The van der Waals surface area contributed by atoms with Crippen LogP contribution in [0.3, 0.4) is 0 Å². The number of pyridine rings is 1. The van der Waals surface area contributed by atoms with Crippen LogP contribution in [-0.4, -0.2) is 24.9 Å². The molecular weight excluding hydrogens is 386 g/mol. The predicted molar refractivity (Wildman–Crippen MR) is 114 cm³/mol. The molecule has 0 fully saturated rings. The number of nitrogens with zero attached hydrogens (tertiary/aromatic N) is 2. The number of anilines is 1. The zero-order valence-electron chi connectivity index (χ0n) is 16.4. The summed E-state index contributed by atoms with van der Waals surface area (Å²) in [5, 5.41) is 0. The topological polar surface area (TPSA) is 72.7 Å². The van der Waals surface area contributed by atoms with Crippen LogP contribution in [-0.2, 0) is 10.0 Å². The van der Waals surface area contributed by atoms with Gasteiger partial charge in [-0.05, 0) is 49.2 Å². The fraction of sp³-hybridized carbons (Fsp3) is 0.136. The van der Waals surface area contributed by atoms with E-state index in [9.17, 15) is 8.42 Å². The number of fused-ring (bicyclic) bond motifs is 1. The Morgan fingerprint density at radius 1 is 1.03 bits per heavy atom. The van der Waals surface area contributed by atoms with Crippen LogP contribution in [0, 0.1) is 13.8 Å². The van der Waals surface area contributed by atoms with E-state index in [0.717, 1.165) is 16.8 Å². The van der Waals surface area contributed by atoms with E-state index in [4.69, 9.17) is 9.72 Å². The van der Waals surface area contributed by atoms with E-state index in [0.29, 0.717) is 22.7 Å². The van der Waals surface area contributed by atoms with E-state index >= 15 is 0 Å². The number of hydrogen-bond acceptors (Lipinski definition) is 4. The van der Waals surface area contributed by atoms with E-state index in [1.807, 2.05) is 54.9 Å². The van der Waals surface area contributed by atoms with Crippen LogP contribution in [0.5, 0.6) is 5.75 Å². The number of para-hydroxylation sites is 1. The lowest BCUT2D eigenvalue weighted by atomic mass is 10.1. The van der Waals surface area contributed by atoms with E-state index in [2.05, 4.69) is 4.72 Å². The maximum atomic E-state index is 13.1. The normalized spacial score (nSPS) is 11.6. The van der Waals surface area contributed by atoms with Crippen LogP contribution >= 0.6 is 0 Å². The van der Waals surface area contributed by atoms with Crippen molar-refractivity contribution in [1.29, 1.82) is 0 Å². The fourth-order valence-corrected chi connectivity index (χ4v) is 4.51. The Labute approximate surface area is 169 Å². The second-order valence-corrected chi connectivity index (χ2v) is 8.50. The van der Waals surface area contributed by atoms with Crippen LogP contribution in [0.2, 0.25) is 0 Å². The zero-order chi connectivity index (χ0) is 20.6. The van der Waals surface area contributed by atoms with Crippen molar-refractivity contribution >= 4 is 21.4 Å². The molecular formula is C22H21N3O3S. The smallest absolute Gasteiger partial charge is 0.265 e. The monoisotopic (exact) mass is 407 g/mol. The lowest BCUT2D eigenvalue weighted by molar-refractivity contribution is 0.402. The lowest BCUT2D eigenvalue weighted by Gasteiger charge is -2.14. The van der Waals surface area contributed by atoms with Gasteiger partial charge in [0.1, 0.15) is 16.3 Å². The molecule has 0 unspecified atom stereocenters. The van der Waals surface area contributed by atoms with E-state index in [-0.39, 0.29) is 4.90 Å². The van der Waals surface area contributed by atoms with E-state index in [1.54, 1.807) is 30.3 Å². The number of rotatable bonds is 5.